The molecule has 0 amide bonds. The van der Waals surface area contributed by atoms with E-state index in [1.165, 1.54) is 18.2 Å². The summed E-state index contributed by atoms with van der Waals surface area (Å²) >= 11 is 0. The third-order valence-electron chi connectivity index (χ3n) is 2.94. The largest absolute Gasteiger partial charge is 0.481 e. The maximum Gasteiger partial charge on any atom is 0.323 e. The minimum Gasteiger partial charge on any atom is -0.481 e. The number of aromatic amines is 2. The summed E-state index contributed by atoms with van der Waals surface area (Å²) < 4.78 is 26.6. The molecule has 0 radical (unpaired) electrons. The van der Waals surface area contributed by atoms with Gasteiger partial charge in [0.15, 0.2) is 0 Å². The minimum absolute atomic E-state index is 0.00720. The van der Waals surface area contributed by atoms with Gasteiger partial charge in [0, 0.05) is 13.0 Å². The summed E-state index contributed by atoms with van der Waals surface area (Å²) in [6, 6.07) is 4.20. The Balaban J connectivity index is 2.17. The second-order valence-electron chi connectivity index (χ2n) is 4.84. The van der Waals surface area contributed by atoms with Gasteiger partial charge in [0.1, 0.15) is 0 Å². The zero-order chi connectivity index (χ0) is 15.6. The molecule has 8 nitrogen and oxygen atoms in total. The third kappa shape index (κ3) is 3.70. The number of rotatable bonds is 6. The van der Waals surface area contributed by atoms with Crippen LogP contribution in [0.4, 0.5) is 0 Å². The van der Waals surface area contributed by atoms with E-state index in [1.54, 1.807) is 6.92 Å². The van der Waals surface area contributed by atoms with Crippen molar-refractivity contribution in [2.75, 3.05) is 6.54 Å². The van der Waals surface area contributed by atoms with Crippen molar-refractivity contribution in [1.82, 2.24) is 14.7 Å². The maximum absolute atomic E-state index is 12.1. The molecule has 1 atom stereocenters. The van der Waals surface area contributed by atoms with E-state index in [4.69, 9.17) is 5.11 Å². The molecule has 4 N–H and O–H groups in total. The van der Waals surface area contributed by atoms with Crippen molar-refractivity contribution in [3.63, 3.8) is 0 Å². The summed E-state index contributed by atoms with van der Waals surface area (Å²) in [4.78, 5) is 26.7. The first kappa shape index (κ1) is 15.3. The molecule has 9 heteroatoms. The standard InChI is InChI=1S/C12H15N3O5S/c1-7(4-11(16)17)6-13-21(19,20)8-2-3-9-10(5-8)15-12(18)14-9/h2-3,5,7,13H,4,6H2,1H3,(H,16,17)(H2,14,15,18). The highest BCUT2D eigenvalue weighted by Gasteiger charge is 2.17. The van der Waals surface area contributed by atoms with E-state index in [0.717, 1.165) is 0 Å². The lowest BCUT2D eigenvalue weighted by Crippen LogP contribution is -2.29. The van der Waals surface area contributed by atoms with Gasteiger partial charge in [-0.1, -0.05) is 6.92 Å². The van der Waals surface area contributed by atoms with Crippen molar-refractivity contribution in [2.45, 2.75) is 18.2 Å². The fourth-order valence-corrected chi connectivity index (χ4v) is 3.08. The quantitative estimate of drug-likeness (QED) is 0.606. The average Bonchev–Trinajstić information content (AvgIpc) is 2.74. The van der Waals surface area contributed by atoms with Crippen molar-refractivity contribution in [1.29, 1.82) is 0 Å². The second-order valence-corrected chi connectivity index (χ2v) is 6.61. The molecular formula is C12H15N3O5S. The Morgan fingerprint density at radius 3 is 2.67 bits per heavy atom. The molecular weight excluding hydrogens is 298 g/mol. The summed E-state index contributed by atoms with van der Waals surface area (Å²) in [6.07, 6.45) is -0.118. The number of aliphatic carboxylic acids is 1. The Morgan fingerprint density at radius 2 is 2.00 bits per heavy atom. The minimum atomic E-state index is -3.75. The molecule has 0 aliphatic heterocycles. The van der Waals surface area contributed by atoms with Crippen LogP contribution in [0.5, 0.6) is 0 Å². The maximum atomic E-state index is 12.1. The molecule has 0 saturated carbocycles. The van der Waals surface area contributed by atoms with Crippen LogP contribution in [0.2, 0.25) is 0 Å². The fraction of sp³-hybridized carbons (Fsp3) is 0.333. The lowest BCUT2D eigenvalue weighted by Gasteiger charge is -2.11. The smallest absolute Gasteiger partial charge is 0.323 e. The molecule has 0 aliphatic rings. The predicted molar refractivity (Wildman–Crippen MR) is 75.5 cm³/mol. The van der Waals surface area contributed by atoms with Crippen LogP contribution < -0.4 is 10.4 Å². The first-order chi connectivity index (χ1) is 9.78. The molecule has 1 aromatic carbocycles. The van der Waals surface area contributed by atoms with Crippen molar-refractivity contribution in [3.05, 3.63) is 28.7 Å². The van der Waals surface area contributed by atoms with Gasteiger partial charge < -0.3 is 15.1 Å². The van der Waals surface area contributed by atoms with E-state index in [0.29, 0.717) is 11.0 Å². The number of sulfonamides is 1. The Hall–Kier alpha value is -2.13. The van der Waals surface area contributed by atoms with Gasteiger partial charge in [-0.3, -0.25) is 4.79 Å². The van der Waals surface area contributed by atoms with Gasteiger partial charge in [0.25, 0.3) is 0 Å². The normalized spacial score (nSPS) is 13.4. The number of carboxylic acid groups (broad SMARTS) is 1. The van der Waals surface area contributed by atoms with Gasteiger partial charge in [-0.2, -0.15) is 0 Å². The molecule has 1 heterocycles. The predicted octanol–water partition coefficient (Wildman–Crippen LogP) is 0.245. The van der Waals surface area contributed by atoms with Crippen LogP contribution in [0.15, 0.2) is 27.9 Å². The molecule has 0 bridgehead atoms. The third-order valence-corrected chi connectivity index (χ3v) is 4.36. The van der Waals surface area contributed by atoms with Crippen LogP contribution in [0.3, 0.4) is 0 Å². The highest BCUT2D eigenvalue weighted by Crippen LogP contribution is 2.15. The van der Waals surface area contributed by atoms with E-state index in [1.807, 2.05) is 0 Å². The zero-order valence-corrected chi connectivity index (χ0v) is 12.0. The van der Waals surface area contributed by atoms with E-state index in [-0.39, 0.29) is 23.8 Å². The molecule has 1 aromatic heterocycles. The molecule has 2 aromatic rings. The van der Waals surface area contributed by atoms with E-state index >= 15 is 0 Å². The molecule has 1 unspecified atom stereocenters. The van der Waals surface area contributed by atoms with E-state index < -0.39 is 21.7 Å². The number of fused-ring (bicyclic) bond motifs is 1. The van der Waals surface area contributed by atoms with Crippen LogP contribution in [-0.2, 0) is 14.8 Å². The lowest BCUT2D eigenvalue weighted by molar-refractivity contribution is -0.137. The van der Waals surface area contributed by atoms with Crippen molar-refractivity contribution in [3.8, 4) is 0 Å². The Kier molecular flexibility index (Phi) is 4.14. The Bertz CT molecular complexity index is 821. The van der Waals surface area contributed by atoms with Gasteiger partial charge >= 0.3 is 11.7 Å². The molecule has 21 heavy (non-hydrogen) atoms. The number of benzene rings is 1. The molecule has 0 spiro atoms. The van der Waals surface area contributed by atoms with Crippen LogP contribution in [0.1, 0.15) is 13.3 Å². The van der Waals surface area contributed by atoms with Crippen molar-refractivity contribution in [2.24, 2.45) is 5.92 Å². The lowest BCUT2D eigenvalue weighted by atomic mass is 10.1. The number of H-pyrrole nitrogens is 2. The number of carboxylic acids is 1. The first-order valence-electron chi connectivity index (χ1n) is 6.21. The van der Waals surface area contributed by atoms with E-state index in [2.05, 4.69) is 14.7 Å². The highest BCUT2D eigenvalue weighted by molar-refractivity contribution is 7.89. The van der Waals surface area contributed by atoms with E-state index in [9.17, 15) is 18.0 Å². The molecule has 114 valence electrons. The topological polar surface area (TPSA) is 132 Å². The van der Waals surface area contributed by atoms with Gasteiger partial charge in [-0.15, -0.1) is 0 Å². The fourth-order valence-electron chi connectivity index (χ4n) is 1.88. The number of hydrogen-bond donors (Lipinski definition) is 4. The number of carbonyl (C=O) groups is 1. The number of hydrogen-bond acceptors (Lipinski definition) is 4. The van der Waals surface area contributed by atoms with Crippen LogP contribution >= 0.6 is 0 Å². The second kappa shape index (κ2) is 5.70. The monoisotopic (exact) mass is 313 g/mol. The number of nitrogens with one attached hydrogen (secondary N) is 3. The SMILES string of the molecule is CC(CNS(=O)(=O)c1ccc2[nH]c(=O)[nH]c2c1)CC(=O)O. The summed E-state index contributed by atoms with van der Waals surface area (Å²) in [5.41, 5.74) is 0.488. The average molecular weight is 313 g/mol. The molecule has 2 rings (SSSR count). The van der Waals surface area contributed by atoms with Gasteiger partial charge in [0.2, 0.25) is 10.0 Å². The van der Waals surface area contributed by atoms with Gasteiger partial charge in [-0.05, 0) is 24.1 Å². The Labute approximate surface area is 120 Å². The zero-order valence-electron chi connectivity index (χ0n) is 11.2. The van der Waals surface area contributed by atoms with Crippen LogP contribution in [-0.4, -0.2) is 36.0 Å². The summed E-state index contributed by atoms with van der Waals surface area (Å²) in [6.45, 7) is 1.67. The molecule has 0 saturated heterocycles. The Morgan fingerprint density at radius 1 is 1.33 bits per heavy atom. The van der Waals surface area contributed by atoms with Crippen molar-refractivity contribution < 1.29 is 18.3 Å². The van der Waals surface area contributed by atoms with Crippen molar-refractivity contribution >= 4 is 27.0 Å². The summed E-state index contributed by atoms with van der Waals surface area (Å²) in [7, 11) is -3.75. The van der Waals surface area contributed by atoms with Crippen LogP contribution in [0, 0.1) is 5.92 Å². The van der Waals surface area contributed by atoms with Gasteiger partial charge in [0.05, 0.1) is 15.9 Å². The summed E-state index contributed by atoms with van der Waals surface area (Å²) in [5.74, 6) is -1.30. The van der Waals surface area contributed by atoms with Gasteiger partial charge in [-0.25, -0.2) is 17.9 Å². The first-order valence-corrected chi connectivity index (χ1v) is 7.70. The number of aromatic nitrogens is 2. The number of imidazole rings is 1. The highest BCUT2D eigenvalue weighted by atomic mass is 32.2. The molecule has 0 fully saturated rings. The summed E-state index contributed by atoms with van der Waals surface area (Å²) in [5, 5.41) is 8.64. The van der Waals surface area contributed by atoms with Crippen LogP contribution in [0.25, 0.3) is 11.0 Å². The molecule has 0 aliphatic carbocycles.